The van der Waals surface area contributed by atoms with E-state index in [1.165, 1.54) is 0 Å². The molecule has 0 aliphatic rings. The topological polar surface area (TPSA) is 42.4 Å². The second-order valence-corrected chi connectivity index (χ2v) is 6.64. The Bertz CT molecular complexity index is 857. The van der Waals surface area contributed by atoms with Crippen molar-refractivity contribution in [1.82, 2.24) is 4.98 Å². The van der Waals surface area contributed by atoms with Gasteiger partial charge >= 0.3 is 5.97 Å². The van der Waals surface area contributed by atoms with Crippen LogP contribution in [0.2, 0.25) is 5.02 Å². The Labute approximate surface area is 149 Å². The van der Waals surface area contributed by atoms with Gasteiger partial charge in [0, 0.05) is 24.2 Å². The number of hydrogen-bond donors (Lipinski definition) is 0. The largest absolute Gasteiger partial charge is 0.423 e. The highest BCUT2D eigenvalue weighted by Gasteiger charge is 2.12. The van der Waals surface area contributed by atoms with E-state index in [-0.39, 0.29) is 0 Å². The predicted octanol–water partition coefficient (Wildman–Crippen LogP) is 5.02. The molecule has 0 bridgehead atoms. The van der Waals surface area contributed by atoms with E-state index < -0.39 is 5.97 Å². The number of carbonyl (C=O) groups excluding carboxylic acids is 1. The molecule has 0 spiro atoms. The molecule has 0 unspecified atom stereocenters. The normalized spacial score (nSPS) is 10.8. The van der Waals surface area contributed by atoms with Gasteiger partial charge in [0.2, 0.25) is 0 Å². The van der Waals surface area contributed by atoms with Crippen LogP contribution in [-0.2, 0) is 0 Å². The molecule has 3 rings (SSSR count). The fraction of sp³-hybridized carbons (Fsp3) is 0.222. The average molecular weight is 361 g/mol. The lowest BCUT2D eigenvalue weighted by atomic mass is 10.2. The molecule has 0 radical (unpaired) electrons. The van der Waals surface area contributed by atoms with Crippen molar-refractivity contribution in [2.24, 2.45) is 0 Å². The second-order valence-electron chi connectivity index (χ2n) is 5.19. The first-order chi connectivity index (χ1) is 11.6. The Kier molecular flexibility index (Phi) is 5.02. The number of rotatable bonds is 5. The lowest BCUT2D eigenvalue weighted by Gasteiger charge is -2.16. The summed E-state index contributed by atoms with van der Waals surface area (Å²) in [5.41, 5.74) is 1.38. The number of aromatic nitrogens is 1. The second kappa shape index (κ2) is 7.20. The first kappa shape index (κ1) is 16.7. The number of thiazole rings is 1. The smallest absolute Gasteiger partial charge is 0.343 e. The van der Waals surface area contributed by atoms with Gasteiger partial charge in [-0.05, 0) is 50.2 Å². The summed E-state index contributed by atoms with van der Waals surface area (Å²) in [6, 6.07) is 12.1. The molecule has 24 heavy (non-hydrogen) atoms. The number of halogens is 1. The molecule has 4 nitrogen and oxygen atoms in total. The van der Waals surface area contributed by atoms with Gasteiger partial charge in [-0.3, -0.25) is 0 Å². The van der Waals surface area contributed by atoms with Crippen LogP contribution < -0.4 is 9.64 Å². The van der Waals surface area contributed by atoms with Crippen molar-refractivity contribution in [1.29, 1.82) is 0 Å². The summed E-state index contributed by atoms with van der Waals surface area (Å²) in [6.07, 6.45) is 0. The van der Waals surface area contributed by atoms with Gasteiger partial charge in [-0.2, -0.15) is 0 Å². The zero-order valence-corrected chi connectivity index (χ0v) is 15.0. The molecular formula is C18H17ClN2O2S. The Morgan fingerprint density at radius 1 is 1.17 bits per heavy atom. The van der Waals surface area contributed by atoms with E-state index in [1.807, 2.05) is 12.1 Å². The summed E-state index contributed by atoms with van der Waals surface area (Å²) in [6.45, 7) is 6.03. The SMILES string of the molecule is CCN(CC)c1nc2ccc(OC(=O)c3ccc(Cl)cc3)cc2s1. The fourth-order valence-electron chi connectivity index (χ4n) is 2.34. The molecule has 0 N–H and O–H groups in total. The van der Waals surface area contributed by atoms with Crippen molar-refractivity contribution in [3.8, 4) is 5.75 Å². The van der Waals surface area contributed by atoms with Crippen LogP contribution in [-0.4, -0.2) is 24.0 Å². The molecule has 124 valence electrons. The van der Waals surface area contributed by atoms with Gasteiger partial charge < -0.3 is 9.64 Å². The Hall–Kier alpha value is -2.11. The van der Waals surface area contributed by atoms with Gasteiger partial charge in [-0.1, -0.05) is 22.9 Å². The molecular weight excluding hydrogens is 344 g/mol. The quantitative estimate of drug-likeness (QED) is 0.473. The minimum atomic E-state index is -0.403. The van der Waals surface area contributed by atoms with Crippen LogP contribution in [0.1, 0.15) is 24.2 Å². The van der Waals surface area contributed by atoms with Crippen LogP contribution in [0.5, 0.6) is 5.75 Å². The number of carbonyl (C=O) groups is 1. The van der Waals surface area contributed by atoms with Crippen LogP contribution in [0.25, 0.3) is 10.2 Å². The van der Waals surface area contributed by atoms with Gasteiger partial charge in [0.15, 0.2) is 5.13 Å². The van der Waals surface area contributed by atoms with Crippen LogP contribution >= 0.6 is 22.9 Å². The lowest BCUT2D eigenvalue weighted by Crippen LogP contribution is -2.21. The summed E-state index contributed by atoms with van der Waals surface area (Å²) >= 11 is 7.43. The predicted molar refractivity (Wildman–Crippen MR) is 99.6 cm³/mol. The number of esters is 1. The summed E-state index contributed by atoms with van der Waals surface area (Å²) in [5, 5.41) is 1.57. The number of hydrogen-bond acceptors (Lipinski definition) is 5. The maximum absolute atomic E-state index is 12.2. The third-order valence-corrected chi connectivity index (χ3v) is 5.00. The van der Waals surface area contributed by atoms with Gasteiger partial charge in [0.05, 0.1) is 15.8 Å². The van der Waals surface area contributed by atoms with Crippen molar-refractivity contribution < 1.29 is 9.53 Å². The molecule has 0 amide bonds. The van der Waals surface area contributed by atoms with Gasteiger partial charge in [-0.25, -0.2) is 9.78 Å². The molecule has 0 fully saturated rings. The molecule has 3 aromatic rings. The summed E-state index contributed by atoms with van der Waals surface area (Å²) in [4.78, 5) is 19.0. The molecule has 0 saturated carbocycles. The highest BCUT2D eigenvalue weighted by Crippen LogP contribution is 2.31. The number of ether oxygens (including phenoxy) is 1. The van der Waals surface area contributed by atoms with Gasteiger partial charge in [-0.15, -0.1) is 0 Å². The molecule has 0 aliphatic carbocycles. The van der Waals surface area contributed by atoms with Crippen molar-refractivity contribution in [3.05, 3.63) is 53.1 Å². The highest BCUT2D eigenvalue weighted by atomic mass is 35.5. The Morgan fingerprint density at radius 3 is 2.54 bits per heavy atom. The lowest BCUT2D eigenvalue weighted by molar-refractivity contribution is 0.0735. The molecule has 2 aromatic carbocycles. The first-order valence-electron chi connectivity index (χ1n) is 7.74. The summed E-state index contributed by atoms with van der Waals surface area (Å²) in [5.74, 6) is 0.108. The van der Waals surface area contributed by atoms with Gasteiger partial charge in [0.25, 0.3) is 0 Å². The Morgan fingerprint density at radius 2 is 1.88 bits per heavy atom. The van der Waals surface area contributed by atoms with E-state index in [0.717, 1.165) is 28.4 Å². The number of nitrogens with zero attached hydrogens (tertiary/aromatic N) is 2. The maximum Gasteiger partial charge on any atom is 0.343 e. The minimum Gasteiger partial charge on any atom is -0.423 e. The molecule has 6 heteroatoms. The van der Waals surface area contributed by atoms with Crippen molar-refractivity contribution in [2.75, 3.05) is 18.0 Å². The van der Waals surface area contributed by atoms with Crippen molar-refractivity contribution in [2.45, 2.75) is 13.8 Å². The van der Waals surface area contributed by atoms with E-state index in [2.05, 4.69) is 23.7 Å². The van der Waals surface area contributed by atoms with Crippen molar-refractivity contribution >= 4 is 44.3 Å². The molecule has 0 saturated heterocycles. The maximum atomic E-state index is 12.2. The minimum absolute atomic E-state index is 0.403. The fourth-order valence-corrected chi connectivity index (χ4v) is 3.58. The average Bonchev–Trinajstić information content (AvgIpc) is 2.99. The molecule has 0 atom stereocenters. The van der Waals surface area contributed by atoms with Gasteiger partial charge in [0.1, 0.15) is 5.75 Å². The highest BCUT2D eigenvalue weighted by molar-refractivity contribution is 7.22. The van der Waals surface area contributed by atoms with E-state index >= 15 is 0 Å². The van der Waals surface area contributed by atoms with E-state index in [1.54, 1.807) is 41.7 Å². The third-order valence-electron chi connectivity index (χ3n) is 3.67. The zero-order chi connectivity index (χ0) is 17.1. The van der Waals surface area contributed by atoms with E-state index in [0.29, 0.717) is 16.3 Å². The van der Waals surface area contributed by atoms with E-state index in [9.17, 15) is 4.79 Å². The number of fused-ring (bicyclic) bond motifs is 1. The summed E-state index contributed by atoms with van der Waals surface area (Å²) < 4.78 is 6.45. The number of benzene rings is 2. The van der Waals surface area contributed by atoms with Crippen LogP contribution in [0.4, 0.5) is 5.13 Å². The zero-order valence-electron chi connectivity index (χ0n) is 13.5. The molecule has 1 heterocycles. The van der Waals surface area contributed by atoms with Crippen LogP contribution in [0, 0.1) is 0 Å². The Balaban J connectivity index is 1.82. The summed E-state index contributed by atoms with van der Waals surface area (Å²) in [7, 11) is 0. The van der Waals surface area contributed by atoms with Crippen LogP contribution in [0.3, 0.4) is 0 Å². The third kappa shape index (κ3) is 3.52. The van der Waals surface area contributed by atoms with Crippen molar-refractivity contribution in [3.63, 3.8) is 0 Å². The first-order valence-corrected chi connectivity index (χ1v) is 8.93. The monoisotopic (exact) mass is 360 g/mol. The molecule has 0 aliphatic heterocycles. The van der Waals surface area contributed by atoms with Crippen LogP contribution in [0.15, 0.2) is 42.5 Å². The number of anilines is 1. The standard InChI is InChI=1S/C18H17ClN2O2S/c1-3-21(4-2)18-20-15-10-9-14(11-16(15)24-18)23-17(22)12-5-7-13(19)8-6-12/h5-11H,3-4H2,1-2H3. The van der Waals surface area contributed by atoms with E-state index in [4.69, 9.17) is 16.3 Å². The molecule has 1 aromatic heterocycles.